The molecule has 0 aliphatic carbocycles. The highest BCUT2D eigenvalue weighted by molar-refractivity contribution is 5.63. The van der Waals surface area contributed by atoms with Crippen LogP contribution in [0.25, 0.3) is 11.3 Å². The molecule has 2 N–H and O–H groups in total. The van der Waals surface area contributed by atoms with Gasteiger partial charge in [0.25, 0.3) is 0 Å². The molecular weight excluding hydrogens is 198 g/mol. The zero-order valence-corrected chi connectivity index (χ0v) is 9.26. The molecule has 0 saturated heterocycles. The third-order valence-electron chi connectivity index (χ3n) is 2.48. The number of rotatable bonds is 4. The molecule has 0 atom stereocenters. The molecule has 1 heterocycles. The van der Waals surface area contributed by atoms with Crippen LogP contribution in [0.4, 0.5) is 5.69 Å². The van der Waals surface area contributed by atoms with Crippen molar-refractivity contribution >= 4 is 5.69 Å². The van der Waals surface area contributed by atoms with Gasteiger partial charge in [-0.2, -0.15) is 0 Å². The second-order valence-electron chi connectivity index (χ2n) is 3.83. The first-order valence-corrected chi connectivity index (χ1v) is 5.46. The van der Waals surface area contributed by atoms with Crippen molar-refractivity contribution in [2.75, 3.05) is 5.73 Å². The molecule has 0 unspecified atom stereocenters. The molecule has 0 aliphatic rings. The van der Waals surface area contributed by atoms with Gasteiger partial charge < -0.3 is 10.3 Å². The van der Waals surface area contributed by atoms with Crippen molar-refractivity contribution in [3.8, 4) is 11.3 Å². The highest BCUT2D eigenvalue weighted by atomic mass is 15.0. The Morgan fingerprint density at radius 1 is 1.38 bits per heavy atom. The van der Waals surface area contributed by atoms with Crippen molar-refractivity contribution in [1.82, 2.24) is 9.55 Å². The van der Waals surface area contributed by atoms with Gasteiger partial charge in [-0.3, -0.25) is 0 Å². The molecule has 2 aromatic rings. The summed E-state index contributed by atoms with van der Waals surface area (Å²) in [6.45, 7) is 4.80. The number of aromatic nitrogens is 2. The van der Waals surface area contributed by atoms with Crippen molar-refractivity contribution in [2.45, 2.75) is 19.4 Å². The maximum Gasteiger partial charge on any atom is 0.0953 e. The maximum atomic E-state index is 5.74. The fourth-order valence-electron chi connectivity index (χ4n) is 1.62. The molecular formula is C13H16N3. The predicted molar refractivity (Wildman–Crippen MR) is 66.7 cm³/mol. The summed E-state index contributed by atoms with van der Waals surface area (Å²) >= 11 is 0. The molecule has 1 aromatic heterocycles. The number of hydrogen-bond acceptors (Lipinski definition) is 2. The van der Waals surface area contributed by atoms with E-state index in [9.17, 15) is 0 Å². The van der Waals surface area contributed by atoms with Gasteiger partial charge in [0.05, 0.1) is 12.0 Å². The zero-order valence-electron chi connectivity index (χ0n) is 9.26. The lowest BCUT2D eigenvalue weighted by molar-refractivity contribution is 0.648. The van der Waals surface area contributed by atoms with Crippen molar-refractivity contribution in [3.05, 3.63) is 43.7 Å². The third kappa shape index (κ3) is 2.42. The molecule has 1 radical (unpaired) electrons. The van der Waals surface area contributed by atoms with E-state index in [2.05, 4.69) is 16.5 Å². The van der Waals surface area contributed by atoms with Crippen LogP contribution in [0.15, 0.2) is 36.8 Å². The van der Waals surface area contributed by atoms with Gasteiger partial charge in [0.15, 0.2) is 0 Å². The highest BCUT2D eigenvalue weighted by Gasteiger charge is 2.01. The van der Waals surface area contributed by atoms with Crippen LogP contribution in [0.1, 0.15) is 12.8 Å². The van der Waals surface area contributed by atoms with Crippen LogP contribution < -0.4 is 5.73 Å². The Labute approximate surface area is 95.9 Å². The van der Waals surface area contributed by atoms with E-state index in [-0.39, 0.29) is 0 Å². The molecule has 0 bridgehead atoms. The molecule has 0 fully saturated rings. The predicted octanol–water partition coefficient (Wildman–Crippen LogP) is 2.75. The molecule has 0 amide bonds. The molecule has 2 rings (SSSR count). The summed E-state index contributed by atoms with van der Waals surface area (Å²) in [5, 5.41) is 0. The van der Waals surface area contributed by atoms with Crippen LogP contribution in [0.5, 0.6) is 0 Å². The lowest BCUT2D eigenvalue weighted by atomic mass is 10.1. The molecule has 1 aromatic carbocycles. The second-order valence-corrected chi connectivity index (χ2v) is 3.83. The first-order chi connectivity index (χ1) is 7.79. The van der Waals surface area contributed by atoms with Crippen molar-refractivity contribution in [2.24, 2.45) is 0 Å². The van der Waals surface area contributed by atoms with E-state index in [0.29, 0.717) is 0 Å². The summed E-state index contributed by atoms with van der Waals surface area (Å²) in [5.41, 5.74) is 8.54. The number of nitrogens with two attached hydrogens (primary N) is 1. The van der Waals surface area contributed by atoms with E-state index in [4.69, 9.17) is 5.73 Å². The van der Waals surface area contributed by atoms with E-state index < -0.39 is 0 Å². The molecule has 0 spiro atoms. The van der Waals surface area contributed by atoms with Gasteiger partial charge in [-0.05, 0) is 18.6 Å². The SMILES string of the molecule is [CH2]CCCn1cnc(-c2cccc(N)c2)c1. The number of benzene rings is 1. The topological polar surface area (TPSA) is 43.8 Å². The second kappa shape index (κ2) is 4.84. The van der Waals surface area contributed by atoms with E-state index in [0.717, 1.165) is 36.3 Å². The zero-order chi connectivity index (χ0) is 11.4. The summed E-state index contributed by atoms with van der Waals surface area (Å²) in [4.78, 5) is 4.37. The number of aryl methyl sites for hydroxylation is 1. The van der Waals surface area contributed by atoms with Crippen LogP contribution in [0.3, 0.4) is 0 Å². The van der Waals surface area contributed by atoms with E-state index in [1.165, 1.54) is 0 Å². The van der Waals surface area contributed by atoms with Gasteiger partial charge in [0.1, 0.15) is 0 Å². The molecule has 83 valence electrons. The van der Waals surface area contributed by atoms with Gasteiger partial charge in [-0.1, -0.05) is 25.5 Å². The first kappa shape index (κ1) is 10.7. The number of unbranched alkanes of at least 4 members (excludes halogenated alkanes) is 1. The number of anilines is 1. The smallest absolute Gasteiger partial charge is 0.0953 e. The summed E-state index contributed by atoms with van der Waals surface area (Å²) in [5.74, 6) is 0. The van der Waals surface area contributed by atoms with Crippen LogP contribution in [0.2, 0.25) is 0 Å². The van der Waals surface area contributed by atoms with Gasteiger partial charge in [-0.25, -0.2) is 4.98 Å². The molecule has 3 heteroatoms. The minimum atomic E-state index is 0.768. The maximum absolute atomic E-state index is 5.74. The minimum Gasteiger partial charge on any atom is -0.399 e. The minimum absolute atomic E-state index is 0.768. The molecule has 16 heavy (non-hydrogen) atoms. The van der Waals surface area contributed by atoms with E-state index in [1.807, 2.05) is 36.8 Å². The Morgan fingerprint density at radius 2 is 2.25 bits per heavy atom. The monoisotopic (exact) mass is 214 g/mol. The Bertz CT molecular complexity index is 460. The van der Waals surface area contributed by atoms with Gasteiger partial charge in [0, 0.05) is 24.0 Å². The third-order valence-corrected chi connectivity index (χ3v) is 2.48. The summed E-state index contributed by atoms with van der Waals surface area (Å²) in [6.07, 6.45) is 5.93. The Balaban J connectivity index is 2.18. The van der Waals surface area contributed by atoms with E-state index in [1.54, 1.807) is 0 Å². The van der Waals surface area contributed by atoms with Crippen LogP contribution in [-0.4, -0.2) is 9.55 Å². The average molecular weight is 214 g/mol. The molecule has 0 aliphatic heterocycles. The molecule has 0 saturated carbocycles. The fourth-order valence-corrected chi connectivity index (χ4v) is 1.62. The van der Waals surface area contributed by atoms with Gasteiger partial charge in [-0.15, -0.1) is 0 Å². The van der Waals surface area contributed by atoms with Crippen LogP contribution in [0, 0.1) is 6.92 Å². The Kier molecular flexibility index (Phi) is 3.25. The summed E-state index contributed by atoms with van der Waals surface area (Å²) in [6, 6.07) is 7.78. The van der Waals surface area contributed by atoms with Crippen LogP contribution in [-0.2, 0) is 6.54 Å². The Morgan fingerprint density at radius 3 is 3.00 bits per heavy atom. The number of nitrogens with zero attached hydrogens (tertiary/aromatic N) is 2. The number of imidazole rings is 1. The van der Waals surface area contributed by atoms with Crippen LogP contribution >= 0.6 is 0 Å². The van der Waals surface area contributed by atoms with Crippen molar-refractivity contribution in [1.29, 1.82) is 0 Å². The number of nitrogen functional groups attached to an aromatic ring is 1. The normalized spacial score (nSPS) is 10.6. The number of hydrogen-bond donors (Lipinski definition) is 1. The van der Waals surface area contributed by atoms with Crippen molar-refractivity contribution < 1.29 is 0 Å². The first-order valence-electron chi connectivity index (χ1n) is 5.46. The van der Waals surface area contributed by atoms with Gasteiger partial charge in [0.2, 0.25) is 0 Å². The standard InChI is InChI=1S/C13H16N3/c1-2-3-7-16-9-13(15-10-16)11-5-4-6-12(14)8-11/h4-6,8-10H,1-3,7,14H2. The summed E-state index contributed by atoms with van der Waals surface area (Å²) < 4.78 is 2.09. The Hall–Kier alpha value is -1.77. The van der Waals surface area contributed by atoms with Crippen molar-refractivity contribution in [3.63, 3.8) is 0 Å². The van der Waals surface area contributed by atoms with Gasteiger partial charge >= 0.3 is 0 Å². The highest BCUT2D eigenvalue weighted by Crippen LogP contribution is 2.19. The van der Waals surface area contributed by atoms with E-state index >= 15 is 0 Å². The largest absolute Gasteiger partial charge is 0.399 e. The lowest BCUT2D eigenvalue weighted by Gasteiger charge is -1.99. The quantitative estimate of drug-likeness (QED) is 0.795. The summed E-state index contributed by atoms with van der Waals surface area (Å²) in [7, 11) is 0. The average Bonchev–Trinajstić information content (AvgIpc) is 2.75. The lowest BCUT2D eigenvalue weighted by Crippen LogP contribution is -1.92. The molecule has 3 nitrogen and oxygen atoms in total. The fraction of sp³-hybridized carbons (Fsp3) is 0.231.